The van der Waals surface area contributed by atoms with Gasteiger partial charge < -0.3 is 9.64 Å². The Labute approximate surface area is 173 Å². The highest BCUT2D eigenvalue weighted by Gasteiger charge is 2.25. The molecule has 1 unspecified atom stereocenters. The third-order valence-corrected chi connectivity index (χ3v) is 6.04. The largest absolute Gasteiger partial charge is 0.378 e. The average Bonchev–Trinajstić information content (AvgIpc) is 2.77. The van der Waals surface area contributed by atoms with Crippen molar-refractivity contribution in [2.24, 2.45) is 0 Å². The van der Waals surface area contributed by atoms with Gasteiger partial charge in [-0.25, -0.2) is 4.98 Å². The third-order valence-electron chi connectivity index (χ3n) is 4.96. The summed E-state index contributed by atoms with van der Waals surface area (Å²) in [5.74, 6) is 0.0481. The maximum absolute atomic E-state index is 13.2. The number of morpholine rings is 1. The van der Waals surface area contributed by atoms with Crippen LogP contribution in [0.3, 0.4) is 0 Å². The van der Waals surface area contributed by atoms with Crippen molar-refractivity contribution in [1.29, 1.82) is 0 Å². The molecular weight excluding hydrogens is 386 g/mol. The summed E-state index contributed by atoms with van der Waals surface area (Å²) in [6.45, 7) is 4.62. The molecule has 2 aromatic carbocycles. The van der Waals surface area contributed by atoms with Crippen molar-refractivity contribution in [2.75, 3.05) is 26.3 Å². The van der Waals surface area contributed by atoms with Crippen molar-refractivity contribution in [2.45, 2.75) is 23.9 Å². The summed E-state index contributed by atoms with van der Waals surface area (Å²) in [5.41, 5.74) is 1.57. The molecule has 1 aromatic heterocycles. The van der Waals surface area contributed by atoms with E-state index in [4.69, 9.17) is 9.72 Å². The van der Waals surface area contributed by atoms with Crippen molar-refractivity contribution in [3.63, 3.8) is 0 Å². The van der Waals surface area contributed by atoms with Crippen LogP contribution in [-0.2, 0) is 16.1 Å². The molecule has 7 heteroatoms. The van der Waals surface area contributed by atoms with Crippen LogP contribution >= 0.6 is 11.8 Å². The van der Waals surface area contributed by atoms with Gasteiger partial charge in [-0.15, -0.1) is 0 Å². The van der Waals surface area contributed by atoms with E-state index in [1.54, 1.807) is 10.6 Å². The molecule has 4 rings (SSSR count). The van der Waals surface area contributed by atoms with Crippen LogP contribution in [-0.4, -0.2) is 51.9 Å². The standard InChI is InChI=1S/C22H23N3O3S/c1-16(20(26)24-11-13-28-14-12-24)29-22-23-19-10-6-5-9-18(19)21(27)25(22)15-17-7-3-2-4-8-17/h2-10,16H,11-15H2,1H3. The van der Waals surface area contributed by atoms with Crippen molar-refractivity contribution < 1.29 is 9.53 Å². The summed E-state index contributed by atoms with van der Waals surface area (Å²) >= 11 is 1.34. The van der Waals surface area contributed by atoms with Crippen LogP contribution in [0.25, 0.3) is 10.9 Å². The first-order valence-electron chi connectivity index (χ1n) is 9.70. The first kappa shape index (κ1) is 19.7. The van der Waals surface area contributed by atoms with Crippen LogP contribution in [0.15, 0.2) is 64.5 Å². The van der Waals surface area contributed by atoms with E-state index in [0.29, 0.717) is 48.9 Å². The molecule has 0 N–H and O–H groups in total. The second kappa shape index (κ2) is 8.80. The third kappa shape index (κ3) is 4.36. The molecular formula is C22H23N3O3S. The monoisotopic (exact) mass is 409 g/mol. The number of benzene rings is 2. The van der Waals surface area contributed by atoms with Gasteiger partial charge in [0.05, 0.1) is 35.9 Å². The number of fused-ring (bicyclic) bond motifs is 1. The SMILES string of the molecule is CC(Sc1nc2ccccc2c(=O)n1Cc1ccccc1)C(=O)N1CCOCC1. The summed E-state index contributed by atoms with van der Waals surface area (Å²) < 4.78 is 7.01. The van der Waals surface area contributed by atoms with Gasteiger partial charge in [-0.3, -0.25) is 14.2 Å². The molecule has 2 heterocycles. The van der Waals surface area contributed by atoms with Gasteiger partial charge in [0.1, 0.15) is 0 Å². The Morgan fingerprint density at radius 1 is 1.10 bits per heavy atom. The smallest absolute Gasteiger partial charge is 0.262 e. The minimum Gasteiger partial charge on any atom is -0.378 e. The Morgan fingerprint density at radius 2 is 1.79 bits per heavy atom. The van der Waals surface area contributed by atoms with Crippen molar-refractivity contribution in [3.05, 3.63) is 70.5 Å². The van der Waals surface area contributed by atoms with Crippen LogP contribution in [0.5, 0.6) is 0 Å². The van der Waals surface area contributed by atoms with Crippen molar-refractivity contribution >= 4 is 28.6 Å². The van der Waals surface area contributed by atoms with Crippen LogP contribution in [0.1, 0.15) is 12.5 Å². The van der Waals surface area contributed by atoms with Crippen LogP contribution in [0.2, 0.25) is 0 Å². The van der Waals surface area contributed by atoms with Crippen LogP contribution in [0, 0.1) is 0 Å². The Balaban J connectivity index is 1.68. The Kier molecular flexibility index (Phi) is 5.97. The zero-order valence-electron chi connectivity index (χ0n) is 16.3. The van der Waals surface area contributed by atoms with E-state index in [9.17, 15) is 9.59 Å². The predicted octanol–water partition coefficient (Wildman–Crippen LogP) is 2.78. The Morgan fingerprint density at radius 3 is 2.55 bits per heavy atom. The molecule has 0 bridgehead atoms. The van der Waals surface area contributed by atoms with Gasteiger partial charge in [-0.1, -0.05) is 54.2 Å². The maximum Gasteiger partial charge on any atom is 0.262 e. The number of rotatable bonds is 5. The number of para-hydroxylation sites is 1. The van der Waals surface area contributed by atoms with Gasteiger partial charge in [0, 0.05) is 13.1 Å². The molecule has 1 amide bonds. The molecule has 6 nitrogen and oxygen atoms in total. The molecule has 1 aliphatic heterocycles. The van der Waals surface area contributed by atoms with E-state index in [1.165, 1.54) is 11.8 Å². The maximum atomic E-state index is 13.2. The lowest BCUT2D eigenvalue weighted by molar-refractivity contribution is -0.134. The topological polar surface area (TPSA) is 64.4 Å². The summed E-state index contributed by atoms with van der Waals surface area (Å²) in [5, 5.41) is 0.801. The summed E-state index contributed by atoms with van der Waals surface area (Å²) in [6.07, 6.45) is 0. The highest BCUT2D eigenvalue weighted by Crippen LogP contribution is 2.25. The number of amides is 1. The highest BCUT2D eigenvalue weighted by molar-refractivity contribution is 8.00. The minimum absolute atomic E-state index is 0.0481. The van der Waals surface area contributed by atoms with E-state index < -0.39 is 0 Å². The highest BCUT2D eigenvalue weighted by atomic mass is 32.2. The van der Waals surface area contributed by atoms with E-state index in [2.05, 4.69) is 0 Å². The summed E-state index contributed by atoms with van der Waals surface area (Å²) in [6, 6.07) is 17.2. The van der Waals surface area contributed by atoms with Gasteiger partial charge in [-0.2, -0.15) is 0 Å². The molecule has 29 heavy (non-hydrogen) atoms. The number of hydrogen-bond acceptors (Lipinski definition) is 5. The molecule has 0 aliphatic carbocycles. The quantitative estimate of drug-likeness (QED) is 0.479. The second-order valence-corrected chi connectivity index (χ2v) is 8.29. The molecule has 3 aromatic rings. The number of ether oxygens (including phenoxy) is 1. The number of aromatic nitrogens is 2. The number of nitrogens with zero attached hydrogens (tertiary/aromatic N) is 3. The molecule has 1 fully saturated rings. The van der Waals surface area contributed by atoms with E-state index >= 15 is 0 Å². The van der Waals surface area contributed by atoms with Gasteiger partial charge in [0.15, 0.2) is 5.16 Å². The lowest BCUT2D eigenvalue weighted by atomic mass is 10.2. The van der Waals surface area contributed by atoms with E-state index in [0.717, 1.165) is 5.56 Å². The van der Waals surface area contributed by atoms with Gasteiger partial charge in [0.2, 0.25) is 5.91 Å². The zero-order chi connectivity index (χ0) is 20.2. The van der Waals surface area contributed by atoms with Crippen molar-refractivity contribution in [3.8, 4) is 0 Å². The van der Waals surface area contributed by atoms with Crippen molar-refractivity contribution in [1.82, 2.24) is 14.5 Å². The molecule has 0 radical (unpaired) electrons. The van der Waals surface area contributed by atoms with Crippen LogP contribution < -0.4 is 5.56 Å². The normalized spacial score (nSPS) is 15.4. The Bertz CT molecular complexity index is 1060. The fraction of sp³-hybridized carbons (Fsp3) is 0.318. The van der Waals surface area contributed by atoms with Gasteiger partial charge in [0.25, 0.3) is 5.56 Å². The molecule has 0 spiro atoms. The molecule has 1 atom stereocenters. The van der Waals surface area contributed by atoms with E-state index in [-0.39, 0.29) is 16.7 Å². The zero-order valence-corrected chi connectivity index (χ0v) is 17.1. The first-order valence-corrected chi connectivity index (χ1v) is 10.6. The predicted molar refractivity (Wildman–Crippen MR) is 114 cm³/mol. The lowest BCUT2D eigenvalue weighted by Crippen LogP contribution is -2.44. The second-order valence-electron chi connectivity index (χ2n) is 6.99. The Hall–Kier alpha value is -2.64. The minimum atomic E-state index is -0.344. The number of hydrogen-bond donors (Lipinski definition) is 0. The molecule has 0 saturated carbocycles. The number of carbonyl (C=O) groups excluding carboxylic acids is 1. The molecule has 1 aliphatic rings. The fourth-order valence-corrected chi connectivity index (χ4v) is 4.38. The number of thioether (sulfide) groups is 1. The van der Waals surface area contributed by atoms with E-state index in [1.807, 2.05) is 60.4 Å². The number of carbonyl (C=O) groups is 1. The molecule has 1 saturated heterocycles. The average molecular weight is 410 g/mol. The van der Waals surface area contributed by atoms with Crippen LogP contribution in [0.4, 0.5) is 0 Å². The lowest BCUT2D eigenvalue weighted by Gasteiger charge is -2.29. The summed E-state index contributed by atoms with van der Waals surface area (Å²) in [7, 11) is 0. The first-order chi connectivity index (χ1) is 14.1. The fourth-order valence-electron chi connectivity index (χ4n) is 3.39. The van der Waals surface area contributed by atoms with Gasteiger partial charge in [-0.05, 0) is 24.6 Å². The summed E-state index contributed by atoms with van der Waals surface area (Å²) in [4.78, 5) is 32.6. The molecule has 150 valence electrons. The van der Waals surface area contributed by atoms with Gasteiger partial charge >= 0.3 is 0 Å².